The Bertz CT molecular complexity index is 651. The lowest BCUT2D eigenvalue weighted by Gasteiger charge is -2.22. The summed E-state index contributed by atoms with van der Waals surface area (Å²) in [7, 11) is 0. The fourth-order valence-corrected chi connectivity index (χ4v) is 3.53. The summed E-state index contributed by atoms with van der Waals surface area (Å²) in [4.78, 5) is 17.9. The number of rotatable bonds is 5. The van der Waals surface area contributed by atoms with E-state index in [0.717, 1.165) is 29.2 Å². The predicted molar refractivity (Wildman–Crippen MR) is 91.6 cm³/mol. The average molecular weight is 331 g/mol. The van der Waals surface area contributed by atoms with Crippen molar-refractivity contribution in [1.29, 1.82) is 0 Å². The van der Waals surface area contributed by atoms with Crippen LogP contribution in [0.25, 0.3) is 11.3 Å². The number of aromatic nitrogens is 1. The van der Waals surface area contributed by atoms with Crippen LogP contribution in [-0.4, -0.2) is 43.2 Å². The molecule has 2 N–H and O–H groups in total. The number of amides is 1. The van der Waals surface area contributed by atoms with Crippen molar-refractivity contribution in [3.05, 3.63) is 40.2 Å². The molecule has 0 aliphatic carbocycles. The zero-order chi connectivity index (χ0) is 16.1. The van der Waals surface area contributed by atoms with E-state index in [1.54, 1.807) is 11.3 Å². The number of carbonyl (C=O) groups is 1. The van der Waals surface area contributed by atoms with Crippen molar-refractivity contribution in [1.82, 2.24) is 15.6 Å². The molecule has 1 aliphatic heterocycles. The van der Waals surface area contributed by atoms with Gasteiger partial charge >= 0.3 is 0 Å². The van der Waals surface area contributed by atoms with E-state index in [2.05, 4.69) is 29.7 Å². The topological polar surface area (TPSA) is 63.2 Å². The standard InChI is InChI=1S/C17H21N3O2S/c1-12-16(13-5-3-2-4-6-13)20-15(23-12)7-8-19-17(21)14-11-22-10-9-18-14/h2-6,14,18H,7-11H2,1H3,(H,19,21). The van der Waals surface area contributed by atoms with Gasteiger partial charge in [0.05, 0.1) is 23.9 Å². The van der Waals surface area contributed by atoms with Gasteiger partial charge in [-0.2, -0.15) is 0 Å². The molecule has 1 aliphatic rings. The number of nitrogens with one attached hydrogen (secondary N) is 2. The molecule has 1 amide bonds. The Morgan fingerprint density at radius 1 is 1.43 bits per heavy atom. The molecule has 6 heteroatoms. The van der Waals surface area contributed by atoms with Crippen LogP contribution < -0.4 is 10.6 Å². The summed E-state index contributed by atoms with van der Waals surface area (Å²) in [5.41, 5.74) is 2.18. The van der Waals surface area contributed by atoms with Gasteiger partial charge in [-0.3, -0.25) is 4.79 Å². The molecule has 0 bridgehead atoms. The van der Waals surface area contributed by atoms with E-state index in [9.17, 15) is 4.79 Å². The Morgan fingerprint density at radius 3 is 3.00 bits per heavy atom. The summed E-state index contributed by atoms with van der Waals surface area (Å²) >= 11 is 1.69. The lowest BCUT2D eigenvalue weighted by atomic mass is 10.1. The zero-order valence-electron chi connectivity index (χ0n) is 13.2. The summed E-state index contributed by atoms with van der Waals surface area (Å²) in [6, 6.07) is 9.96. The van der Waals surface area contributed by atoms with E-state index in [-0.39, 0.29) is 11.9 Å². The number of hydrogen-bond acceptors (Lipinski definition) is 5. The second kappa shape index (κ2) is 7.68. The highest BCUT2D eigenvalue weighted by Crippen LogP contribution is 2.27. The van der Waals surface area contributed by atoms with Gasteiger partial charge in [-0.1, -0.05) is 30.3 Å². The van der Waals surface area contributed by atoms with Gasteiger partial charge in [0.2, 0.25) is 5.91 Å². The van der Waals surface area contributed by atoms with Gasteiger partial charge in [-0.15, -0.1) is 11.3 Å². The van der Waals surface area contributed by atoms with Crippen molar-refractivity contribution in [2.75, 3.05) is 26.3 Å². The van der Waals surface area contributed by atoms with Crippen LogP contribution in [0.15, 0.2) is 30.3 Å². The molecule has 1 aromatic heterocycles. The first-order chi connectivity index (χ1) is 11.2. The minimum atomic E-state index is -0.235. The molecule has 0 spiro atoms. The largest absolute Gasteiger partial charge is 0.378 e. The maximum atomic E-state index is 12.0. The predicted octanol–water partition coefficient (Wildman–Crippen LogP) is 1.77. The van der Waals surface area contributed by atoms with Gasteiger partial charge in [0.1, 0.15) is 6.04 Å². The zero-order valence-corrected chi connectivity index (χ0v) is 14.0. The summed E-state index contributed by atoms with van der Waals surface area (Å²) in [5.74, 6) is 0.00117. The molecule has 2 aromatic rings. The van der Waals surface area contributed by atoms with Crippen LogP contribution in [-0.2, 0) is 16.0 Å². The number of benzene rings is 1. The third-order valence-electron chi connectivity index (χ3n) is 3.76. The van der Waals surface area contributed by atoms with Gasteiger partial charge in [0, 0.05) is 30.0 Å². The molecule has 2 heterocycles. The van der Waals surface area contributed by atoms with Crippen molar-refractivity contribution in [2.45, 2.75) is 19.4 Å². The van der Waals surface area contributed by atoms with Crippen LogP contribution in [0.5, 0.6) is 0 Å². The number of morpholine rings is 1. The Balaban J connectivity index is 1.54. The summed E-state index contributed by atoms with van der Waals surface area (Å²) < 4.78 is 5.30. The molecular weight excluding hydrogens is 310 g/mol. The van der Waals surface area contributed by atoms with Gasteiger partial charge in [0.25, 0.3) is 0 Å². The van der Waals surface area contributed by atoms with Crippen LogP contribution in [0.2, 0.25) is 0 Å². The molecule has 1 unspecified atom stereocenters. The third kappa shape index (κ3) is 4.16. The number of hydrogen-bond donors (Lipinski definition) is 2. The Labute approximate surface area is 140 Å². The van der Waals surface area contributed by atoms with Crippen LogP contribution >= 0.6 is 11.3 Å². The van der Waals surface area contributed by atoms with Gasteiger partial charge < -0.3 is 15.4 Å². The number of thiazole rings is 1. The molecule has 0 radical (unpaired) electrons. The highest BCUT2D eigenvalue weighted by molar-refractivity contribution is 7.12. The molecular formula is C17H21N3O2S. The Kier molecular flexibility index (Phi) is 5.38. The molecule has 1 aromatic carbocycles. The van der Waals surface area contributed by atoms with Gasteiger partial charge in [0.15, 0.2) is 0 Å². The molecule has 3 rings (SSSR count). The summed E-state index contributed by atoms with van der Waals surface area (Å²) in [5, 5.41) is 7.16. The maximum absolute atomic E-state index is 12.0. The average Bonchev–Trinajstić information content (AvgIpc) is 2.97. The Hall–Kier alpha value is -1.76. The first kappa shape index (κ1) is 16.1. The molecule has 1 fully saturated rings. The van der Waals surface area contributed by atoms with E-state index in [1.165, 1.54) is 4.88 Å². The maximum Gasteiger partial charge on any atom is 0.239 e. The van der Waals surface area contributed by atoms with E-state index >= 15 is 0 Å². The highest BCUT2D eigenvalue weighted by Gasteiger charge is 2.20. The smallest absolute Gasteiger partial charge is 0.239 e. The van der Waals surface area contributed by atoms with Crippen molar-refractivity contribution in [2.24, 2.45) is 0 Å². The first-order valence-corrected chi connectivity index (χ1v) is 8.66. The van der Waals surface area contributed by atoms with Crippen LogP contribution in [0.4, 0.5) is 0 Å². The summed E-state index contributed by atoms with van der Waals surface area (Å²) in [6.45, 7) is 4.53. The lowest BCUT2D eigenvalue weighted by molar-refractivity contribution is -0.125. The molecule has 1 atom stereocenters. The number of aryl methyl sites for hydroxylation is 1. The number of ether oxygens (including phenoxy) is 1. The Morgan fingerprint density at radius 2 is 2.26 bits per heavy atom. The molecule has 23 heavy (non-hydrogen) atoms. The van der Waals surface area contributed by atoms with E-state index in [1.807, 2.05) is 18.2 Å². The van der Waals surface area contributed by atoms with Crippen molar-refractivity contribution in [3.63, 3.8) is 0 Å². The SMILES string of the molecule is Cc1sc(CCNC(=O)C2COCCN2)nc1-c1ccccc1. The normalized spacial score (nSPS) is 17.9. The van der Waals surface area contributed by atoms with E-state index in [4.69, 9.17) is 9.72 Å². The van der Waals surface area contributed by atoms with E-state index < -0.39 is 0 Å². The minimum Gasteiger partial charge on any atom is -0.378 e. The molecule has 1 saturated heterocycles. The second-order valence-corrected chi connectivity index (χ2v) is 6.79. The van der Waals surface area contributed by atoms with E-state index in [0.29, 0.717) is 19.8 Å². The fourth-order valence-electron chi connectivity index (χ4n) is 2.57. The van der Waals surface area contributed by atoms with Crippen LogP contribution in [0.1, 0.15) is 9.88 Å². The lowest BCUT2D eigenvalue weighted by Crippen LogP contribution is -2.51. The molecule has 5 nitrogen and oxygen atoms in total. The van der Waals surface area contributed by atoms with Crippen molar-refractivity contribution in [3.8, 4) is 11.3 Å². The molecule has 0 saturated carbocycles. The molecule has 122 valence electrons. The van der Waals surface area contributed by atoms with Gasteiger partial charge in [-0.05, 0) is 6.92 Å². The van der Waals surface area contributed by atoms with Crippen LogP contribution in [0, 0.1) is 6.92 Å². The highest BCUT2D eigenvalue weighted by atomic mass is 32.1. The monoisotopic (exact) mass is 331 g/mol. The van der Waals surface area contributed by atoms with Gasteiger partial charge in [-0.25, -0.2) is 4.98 Å². The first-order valence-electron chi connectivity index (χ1n) is 7.84. The minimum absolute atomic E-state index is 0.00117. The quantitative estimate of drug-likeness (QED) is 0.876. The number of nitrogens with zero attached hydrogens (tertiary/aromatic N) is 1. The van der Waals surface area contributed by atoms with Crippen molar-refractivity contribution >= 4 is 17.2 Å². The van der Waals surface area contributed by atoms with Crippen molar-refractivity contribution < 1.29 is 9.53 Å². The number of carbonyl (C=O) groups excluding carboxylic acids is 1. The third-order valence-corrected chi connectivity index (χ3v) is 4.79. The summed E-state index contributed by atoms with van der Waals surface area (Å²) in [6.07, 6.45) is 0.748. The fraction of sp³-hybridized carbons (Fsp3) is 0.412. The van der Waals surface area contributed by atoms with Crippen LogP contribution in [0.3, 0.4) is 0 Å². The second-order valence-electron chi connectivity index (χ2n) is 5.50.